The van der Waals surface area contributed by atoms with Crippen LogP contribution in [0.2, 0.25) is 0 Å². The summed E-state index contributed by atoms with van der Waals surface area (Å²) in [6, 6.07) is 1.84. The topological polar surface area (TPSA) is 78.5 Å². The maximum Gasteiger partial charge on any atom is 0.325 e. The first-order chi connectivity index (χ1) is 11.7. The molecule has 25 heavy (non-hydrogen) atoms. The van der Waals surface area contributed by atoms with E-state index >= 15 is 0 Å². The predicted octanol–water partition coefficient (Wildman–Crippen LogP) is 1.65. The minimum absolute atomic E-state index is 0.0275. The molecule has 2 atom stereocenters. The summed E-state index contributed by atoms with van der Waals surface area (Å²) in [7, 11) is 0. The Balaban J connectivity index is 1.77. The summed E-state index contributed by atoms with van der Waals surface area (Å²) >= 11 is 0. The number of benzene rings is 1. The van der Waals surface area contributed by atoms with Crippen LogP contribution < -0.4 is 10.6 Å². The van der Waals surface area contributed by atoms with E-state index in [0.29, 0.717) is 5.92 Å². The van der Waals surface area contributed by atoms with Gasteiger partial charge in [-0.15, -0.1) is 0 Å². The quantitative estimate of drug-likeness (QED) is 0.792. The molecule has 1 saturated carbocycles. The molecule has 1 aromatic carbocycles. The zero-order chi connectivity index (χ0) is 18.4. The number of imide groups is 1. The lowest BCUT2D eigenvalue weighted by Crippen LogP contribution is -2.45. The van der Waals surface area contributed by atoms with Crippen LogP contribution in [0, 0.1) is 17.6 Å². The molecule has 1 heterocycles. The van der Waals surface area contributed by atoms with Crippen LogP contribution in [0.4, 0.5) is 13.6 Å². The van der Waals surface area contributed by atoms with Crippen LogP contribution in [0.5, 0.6) is 0 Å². The Bertz CT molecular complexity index is 751. The fourth-order valence-electron chi connectivity index (χ4n) is 3.06. The Hall–Kier alpha value is -2.51. The first-order valence-corrected chi connectivity index (χ1v) is 8.11. The highest BCUT2D eigenvalue weighted by molar-refractivity contribution is 6.09. The monoisotopic (exact) mass is 351 g/mol. The Kier molecular flexibility index (Phi) is 4.22. The van der Waals surface area contributed by atoms with Gasteiger partial charge in [-0.2, -0.15) is 0 Å². The number of rotatable bonds is 5. The van der Waals surface area contributed by atoms with Crippen molar-refractivity contribution in [1.29, 1.82) is 0 Å². The molecule has 2 fully saturated rings. The van der Waals surface area contributed by atoms with E-state index in [1.807, 2.05) is 6.92 Å². The zero-order valence-corrected chi connectivity index (χ0v) is 13.9. The van der Waals surface area contributed by atoms with E-state index in [-0.39, 0.29) is 11.6 Å². The summed E-state index contributed by atoms with van der Waals surface area (Å²) < 4.78 is 27.5. The van der Waals surface area contributed by atoms with Crippen molar-refractivity contribution in [1.82, 2.24) is 15.5 Å². The van der Waals surface area contributed by atoms with Crippen molar-refractivity contribution >= 4 is 17.8 Å². The van der Waals surface area contributed by atoms with Crippen molar-refractivity contribution in [2.24, 2.45) is 5.92 Å². The first-order valence-electron chi connectivity index (χ1n) is 8.11. The van der Waals surface area contributed by atoms with Crippen molar-refractivity contribution in [2.45, 2.75) is 38.3 Å². The van der Waals surface area contributed by atoms with E-state index in [1.165, 1.54) is 6.92 Å². The Labute approximate surface area is 143 Å². The third-order valence-corrected chi connectivity index (χ3v) is 4.76. The molecule has 0 aromatic heterocycles. The number of nitrogens with one attached hydrogen (secondary N) is 2. The highest BCUT2D eigenvalue weighted by Crippen LogP contribution is 2.33. The van der Waals surface area contributed by atoms with Crippen LogP contribution in [-0.4, -0.2) is 35.3 Å². The molecule has 0 unspecified atom stereocenters. The SMILES string of the molecule is C[C@H](NC(=O)CN1C(=O)N[C@@](C)(c2cc(F)ccc2F)C1=O)C1CC1. The smallest absolute Gasteiger partial charge is 0.325 e. The fourth-order valence-corrected chi connectivity index (χ4v) is 3.06. The average Bonchev–Trinajstić information content (AvgIpc) is 3.35. The summed E-state index contributed by atoms with van der Waals surface area (Å²) in [5, 5.41) is 5.11. The number of hydrogen-bond donors (Lipinski definition) is 2. The highest BCUT2D eigenvalue weighted by atomic mass is 19.1. The van der Waals surface area contributed by atoms with Crippen LogP contribution in [0.25, 0.3) is 0 Å². The minimum atomic E-state index is -1.76. The number of carbonyl (C=O) groups is 3. The summed E-state index contributed by atoms with van der Waals surface area (Å²) in [6.07, 6.45) is 2.09. The summed E-state index contributed by atoms with van der Waals surface area (Å²) in [4.78, 5) is 37.6. The maximum absolute atomic E-state index is 14.1. The molecule has 2 aliphatic rings. The van der Waals surface area contributed by atoms with Gasteiger partial charge in [0.25, 0.3) is 5.91 Å². The van der Waals surface area contributed by atoms with Crippen molar-refractivity contribution in [3.05, 3.63) is 35.4 Å². The molecular weight excluding hydrogens is 332 g/mol. The highest BCUT2D eigenvalue weighted by Gasteiger charge is 2.51. The van der Waals surface area contributed by atoms with Gasteiger partial charge in [0.15, 0.2) is 0 Å². The molecule has 1 aliphatic heterocycles. The summed E-state index contributed by atoms with van der Waals surface area (Å²) in [5.41, 5.74) is -2.04. The standard InChI is InChI=1S/C17H19F2N3O3/c1-9(10-3-4-10)20-14(23)8-22-15(24)17(2,21-16(22)25)12-7-11(18)5-6-13(12)19/h5-7,9-10H,3-4,8H2,1-2H3,(H,20,23)(H,21,25)/t9-,17-/m0/s1. The van der Waals surface area contributed by atoms with E-state index in [2.05, 4.69) is 10.6 Å². The van der Waals surface area contributed by atoms with Crippen molar-refractivity contribution in [2.75, 3.05) is 6.54 Å². The Morgan fingerprint density at radius 1 is 1.40 bits per heavy atom. The van der Waals surface area contributed by atoms with Crippen molar-refractivity contribution in [3.63, 3.8) is 0 Å². The molecule has 0 radical (unpaired) electrons. The molecule has 1 saturated heterocycles. The number of carbonyl (C=O) groups excluding carboxylic acids is 3. The van der Waals surface area contributed by atoms with Gasteiger partial charge in [0.1, 0.15) is 23.7 Å². The predicted molar refractivity (Wildman–Crippen MR) is 84.3 cm³/mol. The second-order valence-corrected chi connectivity index (χ2v) is 6.76. The zero-order valence-electron chi connectivity index (χ0n) is 13.9. The van der Waals surface area contributed by atoms with Gasteiger partial charge in [-0.3, -0.25) is 14.5 Å². The van der Waals surface area contributed by atoms with Crippen molar-refractivity contribution < 1.29 is 23.2 Å². The first kappa shape index (κ1) is 17.3. The van der Waals surface area contributed by atoms with E-state index in [4.69, 9.17) is 0 Å². The second kappa shape index (κ2) is 6.09. The Morgan fingerprint density at radius 3 is 2.72 bits per heavy atom. The third kappa shape index (κ3) is 3.20. The van der Waals surface area contributed by atoms with Gasteiger partial charge in [-0.25, -0.2) is 13.6 Å². The Morgan fingerprint density at radius 2 is 2.08 bits per heavy atom. The molecule has 2 N–H and O–H groups in total. The third-order valence-electron chi connectivity index (χ3n) is 4.76. The molecule has 3 rings (SSSR count). The molecular formula is C17H19F2N3O3. The van der Waals surface area contributed by atoms with Gasteiger partial charge in [0.2, 0.25) is 5.91 Å². The van der Waals surface area contributed by atoms with Gasteiger partial charge in [-0.1, -0.05) is 0 Å². The summed E-state index contributed by atoms with van der Waals surface area (Å²) in [6.45, 7) is 2.69. The van der Waals surface area contributed by atoms with Crippen LogP contribution in [0.3, 0.4) is 0 Å². The molecule has 8 heteroatoms. The second-order valence-electron chi connectivity index (χ2n) is 6.76. The number of nitrogens with zero attached hydrogens (tertiary/aromatic N) is 1. The van der Waals surface area contributed by atoms with E-state index < -0.39 is 41.6 Å². The van der Waals surface area contributed by atoms with Crippen LogP contribution in [-0.2, 0) is 15.1 Å². The number of amides is 4. The fraction of sp³-hybridized carbons (Fsp3) is 0.471. The molecule has 0 bridgehead atoms. The van der Waals surface area contributed by atoms with E-state index in [9.17, 15) is 23.2 Å². The van der Waals surface area contributed by atoms with Crippen LogP contribution in [0.15, 0.2) is 18.2 Å². The molecule has 1 aromatic rings. The van der Waals surface area contributed by atoms with Gasteiger partial charge in [0.05, 0.1) is 0 Å². The van der Waals surface area contributed by atoms with Gasteiger partial charge in [0, 0.05) is 11.6 Å². The maximum atomic E-state index is 14.1. The van der Waals surface area contributed by atoms with E-state index in [1.54, 1.807) is 0 Å². The summed E-state index contributed by atoms with van der Waals surface area (Å²) in [5.74, 6) is -2.37. The lowest BCUT2D eigenvalue weighted by molar-refractivity contribution is -0.135. The van der Waals surface area contributed by atoms with E-state index in [0.717, 1.165) is 35.9 Å². The van der Waals surface area contributed by atoms with Gasteiger partial charge >= 0.3 is 6.03 Å². The number of hydrogen-bond acceptors (Lipinski definition) is 3. The number of urea groups is 1. The minimum Gasteiger partial charge on any atom is -0.352 e. The lowest BCUT2D eigenvalue weighted by atomic mass is 9.91. The average molecular weight is 351 g/mol. The van der Waals surface area contributed by atoms with Crippen LogP contribution in [0.1, 0.15) is 32.3 Å². The molecule has 134 valence electrons. The van der Waals surface area contributed by atoms with Gasteiger partial charge in [-0.05, 0) is 50.8 Å². The van der Waals surface area contributed by atoms with Gasteiger partial charge < -0.3 is 10.6 Å². The number of halogens is 2. The van der Waals surface area contributed by atoms with Crippen LogP contribution >= 0.6 is 0 Å². The normalized spacial score (nSPS) is 24.2. The largest absolute Gasteiger partial charge is 0.352 e. The lowest BCUT2D eigenvalue weighted by Gasteiger charge is -2.23. The molecule has 1 aliphatic carbocycles. The molecule has 0 spiro atoms. The molecule has 4 amide bonds. The van der Waals surface area contributed by atoms with Crippen molar-refractivity contribution in [3.8, 4) is 0 Å². The molecule has 6 nitrogen and oxygen atoms in total.